The van der Waals surface area contributed by atoms with Gasteiger partial charge in [0.1, 0.15) is 23.0 Å². The maximum Gasteiger partial charge on any atom is 0.126 e. The van der Waals surface area contributed by atoms with E-state index >= 15 is 0 Å². The number of halogens is 2. The largest absolute Gasteiger partial charge is 0.390 e. The first-order valence-corrected chi connectivity index (χ1v) is 6.67. The second kappa shape index (κ2) is 5.65. The van der Waals surface area contributed by atoms with Gasteiger partial charge in [0.05, 0.1) is 12.3 Å². The molecule has 0 aliphatic heterocycles. The summed E-state index contributed by atoms with van der Waals surface area (Å²) in [4.78, 5) is 0. The van der Waals surface area contributed by atoms with E-state index in [0.29, 0.717) is 11.4 Å². The van der Waals surface area contributed by atoms with Crippen LogP contribution in [0.2, 0.25) is 0 Å². The van der Waals surface area contributed by atoms with Crippen LogP contribution >= 0.6 is 0 Å². The third kappa shape index (κ3) is 2.60. The van der Waals surface area contributed by atoms with Gasteiger partial charge >= 0.3 is 0 Å². The van der Waals surface area contributed by atoms with Gasteiger partial charge in [-0.3, -0.25) is 0 Å². The molecule has 0 saturated heterocycles. The molecule has 3 aromatic rings. The smallest absolute Gasteiger partial charge is 0.126 e. The van der Waals surface area contributed by atoms with Crippen LogP contribution in [-0.2, 0) is 6.61 Å². The number of aliphatic hydroxyl groups is 1. The lowest BCUT2D eigenvalue weighted by atomic mass is 10.1. The summed E-state index contributed by atoms with van der Waals surface area (Å²) in [7, 11) is 0. The molecular formula is C16H13F2N3O. The molecule has 0 radical (unpaired) electrons. The summed E-state index contributed by atoms with van der Waals surface area (Å²) in [6.07, 6.45) is 0. The second-order valence-corrected chi connectivity index (χ2v) is 4.95. The monoisotopic (exact) mass is 301 g/mol. The third-order valence-electron chi connectivity index (χ3n) is 3.30. The van der Waals surface area contributed by atoms with Crippen molar-refractivity contribution in [2.24, 2.45) is 0 Å². The molecule has 6 heteroatoms. The van der Waals surface area contributed by atoms with E-state index in [1.807, 2.05) is 31.2 Å². The highest BCUT2D eigenvalue weighted by Crippen LogP contribution is 2.27. The van der Waals surface area contributed by atoms with E-state index in [2.05, 4.69) is 10.3 Å². The van der Waals surface area contributed by atoms with Crippen molar-refractivity contribution in [2.75, 3.05) is 0 Å². The number of aliphatic hydroxyl groups excluding tert-OH is 1. The highest BCUT2D eigenvalue weighted by Gasteiger charge is 2.17. The summed E-state index contributed by atoms with van der Waals surface area (Å²) in [5.41, 5.74) is 2.66. The van der Waals surface area contributed by atoms with Crippen LogP contribution in [-0.4, -0.2) is 20.1 Å². The lowest BCUT2D eigenvalue weighted by molar-refractivity contribution is 0.277. The molecule has 1 aromatic heterocycles. The van der Waals surface area contributed by atoms with E-state index in [4.69, 9.17) is 0 Å². The predicted octanol–water partition coefficient (Wildman–Crippen LogP) is 3.01. The van der Waals surface area contributed by atoms with E-state index in [9.17, 15) is 13.9 Å². The average Bonchev–Trinajstić information content (AvgIpc) is 2.91. The van der Waals surface area contributed by atoms with Gasteiger partial charge in [-0.15, -0.1) is 5.10 Å². The summed E-state index contributed by atoms with van der Waals surface area (Å²) in [5, 5.41) is 17.3. The second-order valence-electron chi connectivity index (χ2n) is 4.95. The van der Waals surface area contributed by atoms with Crippen molar-refractivity contribution in [3.05, 3.63) is 65.4 Å². The standard InChI is InChI=1S/C16H13F2N3O/c1-10-2-4-14(5-3-10)21-16(15(9-22)19-20-21)11-6-12(17)8-13(18)7-11/h2-8,22H,9H2,1H3. The van der Waals surface area contributed by atoms with Crippen LogP contribution in [0.25, 0.3) is 16.9 Å². The first-order valence-electron chi connectivity index (χ1n) is 6.67. The Kier molecular flexibility index (Phi) is 3.68. The zero-order chi connectivity index (χ0) is 15.7. The van der Waals surface area contributed by atoms with Crippen LogP contribution in [0, 0.1) is 18.6 Å². The Morgan fingerprint density at radius 2 is 1.68 bits per heavy atom. The van der Waals surface area contributed by atoms with Gasteiger partial charge in [0, 0.05) is 11.6 Å². The quantitative estimate of drug-likeness (QED) is 0.809. The number of nitrogens with zero attached hydrogens (tertiary/aromatic N) is 3. The minimum absolute atomic E-state index is 0.255. The van der Waals surface area contributed by atoms with Crippen molar-refractivity contribution < 1.29 is 13.9 Å². The fourth-order valence-corrected chi connectivity index (χ4v) is 2.27. The molecule has 22 heavy (non-hydrogen) atoms. The van der Waals surface area contributed by atoms with Gasteiger partial charge in [-0.05, 0) is 31.2 Å². The van der Waals surface area contributed by atoms with Gasteiger partial charge in [-0.25, -0.2) is 13.5 Å². The SMILES string of the molecule is Cc1ccc(-n2nnc(CO)c2-c2cc(F)cc(F)c2)cc1. The zero-order valence-corrected chi connectivity index (χ0v) is 11.8. The topological polar surface area (TPSA) is 50.9 Å². The van der Waals surface area contributed by atoms with Crippen LogP contribution in [0.3, 0.4) is 0 Å². The van der Waals surface area contributed by atoms with Gasteiger partial charge in [0.25, 0.3) is 0 Å². The molecule has 0 saturated carbocycles. The van der Waals surface area contributed by atoms with Crippen LogP contribution in [0.4, 0.5) is 8.78 Å². The number of benzene rings is 2. The first-order chi connectivity index (χ1) is 10.6. The minimum Gasteiger partial charge on any atom is -0.390 e. The van der Waals surface area contributed by atoms with Gasteiger partial charge in [-0.1, -0.05) is 22.9 Å². The molecule has 4 nitrogen and oxygen atoms in total. The van der Waals surface area contributed by atoms with Gasteiger partial charge < -0.3 is 5.11 Å². The Morgan fingerprint density at radius 3 is 2.27 bits per heavy atom. The molecule has 0 atom stereocenters. The third-order valence-corrected chi connectivity index (χ3v) is 3.30. The van der Waals surface area contributed by atoms with Crippen molar-refractivity contribution >= 4 is 0 Å². The molecule has 1 N–H and O–H groups in total. The normalized spacial score (nSPS) is 10.9. The summed E-state index contributed by atoms with van der Waals surface area (Å²) in [5.74, 6) is -1.40. The van der Waals surface area contributed by atoms with Crippen LogP contribution in [0.15, 0.2) is 42.5 Å². The highest BCUT2D eigenvalue weighted by molar-refractivity contribution is 5.64. The van der Waals surface area contributed by atoms with E-state index in [-0.39, 0.29) is 17.9 Å². The fourth-order valence-electron chi connectivity index (χ4n) is 2.27. The lowest BCUT2D eigenvalue weighted by Gasteiger charge is -2.08. The minimum atomic E-state index is -0.699. The Labute approximate surface area is 125 Å². The summed E-state index contributed by atoms with van der Waals surface area (Å²) in [6.45, 7) is 1.58. The molecule has 0 amide bonds. The van der Waals surface area contributed by atoms with E-state index in [1.54, 1.807) is 0 Å². The molecule has 0 aliphatic rings. The number of hydrogen-bond acceptors (Lipinski definition) is 3. The number of aryl methyl sites for hydroxylation is 1. The Hall–Kier alpha value is -2.60. The van der Waals surface area contributed by atoms with Gasteiger partial charge in [0.2, 0.25) is 0 Å². The first kappa shape index (κ1) is 14.3. The maximum absolute atomic E-state index is 13.5. The molecule has 0 spiro atoms. The van der Waals surface area contributed by atoms with E-state index in [0.717, 1.165) is 11.6 Å². The van der Waals surface area contributed by atoms with Crippen molar-refractivity contribution in [3.8, 4) is 16.9 Å². The van der Waals surface area contributed by atoms with Crippen molar-refractivity contribution in [1.82, 2.24) is 15.0 Å². The predicted molar refractivity (Wildman–Crippen MR) is 77.4 cm³/mol. The van der Waals surface area contributed by atoms with Crippen molar-refractivity contribution in [1.29, 1.82) is 0 Å². The van der Waals surface area contributed by atoms with Crippen LogP contribution in [0.1, 0.15) is 11.3 Å². The Morgan fingerprint density at radius 1 is 1.05 bits per heavy atom. The van der Waals surface area contributed by atoms with Crippen LogP contribution in [0.5, 0.6) is 0 Å². The number of hydrogen-bond donors (Lipinski definition) is 1. The molecule has 0 fully saturated rings. The van der Waals surface area contributed by atoms with Crippen molar-refractivity contribution in [3.63, 3.8) is 0 Å². The number of rotatable bonds is 3. The van der Waals surface area contributed by atoms with E-state index in [1.165, 1.54) is 16.8 Å². The molecule has 0 bridgehead atoms. The lowest BCUT2D eigenvalue weighted by Crippen LogP contribution is -2.01. The summed E-state index contributed by atoms with van der Waals surface area (Å²) >= 11 is 0. The summed E-state index contributed by atoms with van der Waals surface area (Å²) < 4.78 is 28.4. The maximum atomic E-state index is 13.5. The Bertz CT molecular complexity index is 793. The fraction of sp³-hybridized carbons (Fsp3) is 0.125. The molecular weight excluding hydrogens is 288 g/mol. The number of aromatic nitrogens is 3. The molecule has 0 unspecified atom stereocenters. The zero-order valence-electron chi connectivity index (χ0n) is 11.8. The van der Waals surface area contributed by atoms with E-state index < -0.39 is 11.6 Å². The molecule has 2 aromatic carbocycles. The van der Waals surface area contributed by atoms with Gasteiger partial charge in [-0.2, -0.15) is 0 Å². The molecule has 0 aliphatic carbocycles. The summed E-state index contributed by atoms with van der Waals surface area (Å²) in [6, 6.07) is 10.6. The van der Waals surface area contributed by atoms with Gasteiger partial charge in [0.15, 0.2) is 0 Å². The van der Waals surface area contributed by atoms with Crippen LogP contribution < -0.4 is 0 Å². The molecule has 112 valence electrons. The highest BCUT2D eigenvalue weighted by atomic mass is 19.1. The average molecular weight is 301 g/mol. The van der Waals surface area contributed by atoms with Crippen molar-refractivity contribution in [2.45, 2.75) is 13.5 Å². The molecule has 1 heterocycles. The Balaban J connectivity index is 2.21. The molecule has 3 rings (SSSR count).